The van der Waals surface area contributed by atoms with Crippen LogP contribution in [0.2, 0.25) is 0 Å². The maximum absolute atomic E-state index is 8.95. The number of nitrogens with two attached hydrogens (primary N) is 1. The maximum atomic E-state index is 8.95. The van der Waals surface area contributed by atoms with Gasteiger partial charge in [-0.05, 0) is 40.5 Å². The molecule has 0 aliphatic rings. The highest BCUT2D eigenvalue weighted by atomic mass is 79.9. The molecule has 2 aromatic rings. The summed E-state index contributed by atoms with van der Waals surface area (Å²) in [6, 6.07) is 5.89. The van der Waals surface area contributed by atoms with Crippen molar-refractivity contribution in [1.29, 1.82) is 0 Å². The summed E-state index contributed by atoms with van der Waals surface area (Å²) < 4.78 is 0.923. The quantitative estimate of drug-likeness (QED) is 0.667. The normalized spacial score (nSPS) is 12.8. The molecule has 18 heavy (non-hydrogen) atoms. The van der Waals surface area contributed by atoms with Crippen molar-refractivity contribution in [3.05, 3.63) is 28.9 Å². The van der Waals surface area contributed by atoms with Crippen LogP contribution in [0.3, 0.4) is 0 Å². The average Bonchev–Trinajstić information content (AvgIpc) is 2.33. The molecule has 3 N–H and O–H groups in total. The minimum atomic E-state index is 0.208. The molecule has 0 fully saturated rings. The maximum Gasteiger partial charge on any atom is 0.0859 e. The first-order valence-electron chi connectivity index (χ1n) is 5.73. The Morgan fingerprint density at radius 1 is 1.50 bits per heavy atom. The number of benzene rings is 1. The number of hydrogen-bond acceptors (Lipinski definition) is 4. The molecule has 0 saturated heterocycles. The van der Waals surface area contributed by atoms with Crippen LogP contribution < -0.4 is 5.73 Å². The molecular weight excluding hydrogens is 312 g/mol. The highest BCUT2D eigenvalue weighted by Gasteiger charge is 2.10. The molecule has 0 aliphatic carbocycles. The van der Waals surface area contributed by atoms with E-state index >= 15 is 0 Å². The average molecular weight is 327 g/mol. The number of pyridine rings is 1. The summed E-state index contributed by atoms with van der Waals surface area (Å²) in [5, 5.41) is 10.3. The second-order valence-corrected chi connectivity index (χ2v) is 6.54. The zero-order valence-electron chi connectivity index (χ0n) is 10.1. The zero-order chi connectivity index (χ0) is 13.1. The molecule has 0 amide bonds. The Kier molecular flexibility index (Phi) is 4.48. The number of aromatic nitrogens is 1. The number of rotatable bonds is 4. The van der Waals surface area contributed by atoms with E-state index in [2.05, 4.69) is 27.8 Å². The molecule has 1 atom stereocenters. The Bertz CT molecular complexity index is 562. The topological polar surface area (TPSA) is 59.1 Å². The van der Waals surface area contributed by atoms with Crippen LogP contribution in [-0.4, -0.2) is 21.9 Å². The summed E-state index contributed by atoms with van der Waals surface area (Å²) in [4.78, 5) is 5.55. The molecule has 5 heteroatoms. The number of anilines is 1. The first-order chi connectivity index (χ1) is 8.61. The summed E-state index contributed by atoms with van der Waals surface area (Å²) >= 11 is 5.13. The Balaban J connectivity index is 2.42. The lowest BCUT2D eigenvalue weighted by atomic mass is 10.2. The van der Waals surface area contributed by atoms with Crippen molar-refractivity contribution < 1.29 is 5.11 Å². The fraction of sp³-hybridized carbons (Fsp3) is 0.308. The number of nitrogens with zero attached hydrogens (tertiary/aromatic N) is 1. The lowest BCUT2D eigenvalue weighted by Crippen LogP contribution is -2.00. The second kappa shape index (κ2) is 5.91. The SMILES string of the molecule is CC(CCO)Sc1ccc(N)c2cc(Br)cnc12. The van der Waals surface area contributed by atoms with Crippen LogP contribution in [0.25, 0.3) is 10.9 Å². The molecule has 0 saturated carbocycles. The van der Waals surface area contributed by atoms with Crippen LogP contribution in [0, 0.1) is 0 Å². The van der Waals surface area contributed by atoms with Gasteiger partial charge >= 0.3 is 0 Å². The number of hydrogen-bond donors (Lipinski definition) is 2. The highest BCUT2D eigenvalue weighted by Crippen LogP contribution is 2.34. The van der Waals surface area contributed by atoms with E-state index in [0.717, 1.165) is 32.4 Å². The van der Waals surface area contributed by atoms with Crippen molar-refractivity contribution in [1.82, 2.24) is 4.98 Å². The van der Waals surface area contributed by atoms with Crippen molar-refractivity contribution in [2.45, 2.75) is 23.5 Å². The molecule has 0 spiro atoms. The van der Waals surface area contributed by atoms with E-state index in [1.807, 2.05) is 18.2 Å². The Morgan fingerprint density at radius 2 is 2.28 bits per heavy atom. The number of thioether (sulfide) groups is 1. The van der Waals surface area contributed by atoms with E-state index in [9.17, 15) is 0 Å². The van der Waals surface area contributed by atoms with Crippen LogP contribution in [-0.2, 0) is 0 Å². The largest absolute Gasteiger partial charge is 0.398 e. The minimum Gasteiger partial charge on any atom is -0.398 e. The Labute approximate surface area is 119 Å². The van der Waals surface area contributed by atoms with Crippen LogP contribution in [0.1, 0.15) is 13.3 Å². The van der Waals surface area contributed by atoms with Gasteiger partial charge in [0.1, 0.15) is 0 Å². The molecule has 1 aromatic heterocycles. The second-order valence-electron chi connectivity index (χ2n) is 4.14. The van der Waals surface area contributed by atoms with E-state index in [0.29, 0.717) is 5.25 Å². The number of halogens is 1. The van der Waals surface area contributed by atoms with Gasteiger partial charge in [0.2, 0.25) is 0 Å². The van der Waals surface area contributed by atoms with Crippen molar-refractivity contribution in [3.63, 3.8) is 0 Å². The summed E-state index contributed by atoms with van der Waals surface area (Å²) in [7, 11) is 0. The number of nitrogen functional groups attached to an aromatic ring is 1. The monoisotopic (exact) mass is 326 g/mol. The minimum absolute atomic E-state index is 0.208. The lowest BCUT2D eigenvalue weighted by molar-refractivity contribution is 0.289. The molecule has 3 nitrogen and oxygen atoms in total. The standard InChI is InChI=1S/C13H15BrN2OS/c1-8(4-5-17)18-12-3-2-11(15)10-6-9(14)7-16-13(10)12/h2-3,6-8,17H,4-5,15H2,1H3. The van der Waals surface area contributed by atoms with Gasteiger partial charge in [0, 0.05) is 38.5 Å². The van der Waals surface area contributed by atoms with Crippen LogP contribution in [0.5, 0.6) is 0 Å². The van der Waals surface area contributed by atoms with Gasteiger partial charge in [-0.1, -0.05) is 6.92 Å². The first-order valence-corrected chi connectivity index (χ1v) is 7.40. The molecule has 0 radical (unpaired) electrons. The smallest absolute Gasteiger partial charge is 0.0859 e. The molecule has 1 unspecified atom stereocenters. The summed E-state index contributed by atoms with van der Waals surface area (Å²) in [5.74, 6) is 0. The van der Waals surface area contributed by atoms with Gasteiger partial charge < -0.3 is 10.8 Å². The number of aliphatic hydroxyl groups excluding tert-OH is 1. The highest BCUT2D eigenvalue weighted by molar-refractivity contribution is 9.10. The van der Waals surface area contributed by atoms with Crippen LogP contribution in [0.15, 0.2) is 33.8 Å². The van der Waals surface area contributed by atoms with E-state index in [-0.39, 0.29) is 6.61 Å². The van der Waals surface area contributed by atoms with E-state index in [4.69, 9.17) is 10.8 Å². The van der Waals surface area contributed by atoms with Gasteiger partial charge in [-0.25, -0.2) is 0 Å². The molecule has 96 valence electrons. The predicted octanol–water partition coefficient (Wildman–Crippen LogP) is 3.44. The van der Waals surface area contributed by atoms with Gasteiger partial charge in [-0.3, -0.25) is 4.98 Å². The van der Waals surface area contributed by atoms with E-state index < -0.39 is 0 Å². The molecule has 1 heterocycles. The predicted molar refractivity (Wildman–Crippen MR) is 80.9 cm³/mol. The van der Waals surface area contributed by atoms with E-state index in [1.165, 1.54) is 0 Å². The first kappa shape index (κ1) is 13.6. The molecule has 0 aliphatic heterocycles. The van der Waals surface area contributed by atoms with Gasteiger partial charge in [0.25, 0.3) is 0 Å². The van der Waals surface area contributed by atoms with Crippen molar-refractivity contribution in [2.75, 3.05) is 12.3 Å². The lowest BCUT2D eigenvalue weighted by Gasteiger charge is -2.12. The third-order valence-electron chi connectivity index (χ3n) is 2.68. The molecule has 1 aromatic carbocycles. The van der Waals surface area contributed by atoms with Crippen molar-refractivity contribution >= 4 is 44.3 Å². The van der Waals surface area contributed by atoms with Gasteiger partial charge in [-0.2, -0.15) is 0 Å². The van der Waals surface area contributed by atoms with Crippen molar-refractivity contribution in [2.24, 2.45) is 0 Å². The Hall–Kier alpha value is -0.780. The van der Waals surface area contributed by atoms with Gasteiger partial charge in [0.15, 0.2) is 0 Å². The molecule has 0 bridgehead atoms. The van der Waals surface area contributed by atoms with Crippen LogP contribution in [0.4, 0.5) is 5.69 Å². The van der Waals surface area contributed by atoms with Gasteiger partial charge in [0.05, 0.1) is 5.52 Å². The number of fused-ring (bicyclic) bond motifs is 1. The summed E-state index contributed by atoms with van der Waals surface area (Å²) in [5.41, 5.74) is 7.63. The van der Waals surface area contributed by atoms with E-state index in [1.54, 1.807) is 18.0 Å². The van der Waals surface area contributed by atoms with Crippen LogP contribution >= 0.6 is 27.7 Å². The fourth-order valence-corrected chi connectivity index (χ4v) is 3.15. The Morgan fingerprint density at radius 3 is 3.00 bits per heavy atom. The zero-order valence-corrected chi connectivity index (χ0v) is 12.5. The van der Waals surface area contributed by atoms with Gasteiger partial charge in [-0.15, -0.1) is 11.8 Å². The van der Waals surface area contributed by atoms with Crippen molar-refractivity contribution in [3.8, 4) is 0 Å². The third-order valence-corrected chi connectivity index (χ3v) is 4.33. The number of aliphatic hydroxyl groups is 1. The molecular formula is C13H15BrN2OS. The fourth-order valence-electron chi connectivity index (χ4n) is 1.74. The third kappa shape index (κ3) is 2.96. The summed E-state index contributed by atoms with van der Waals surface area (Å²) in [6.07, 6.45) is 2.55. The molecule has 2 rings (SSSR count). The summed E-state index contributed by atoms with van der Waals surface area (Å²) in [6.45, 7) is 2.31.